The van der Waals surface area contributed by atoms with Gasteiger partial charge in [0, 0.05) is 16.3 Å². The average molecular weight is 323 g/mol. The number of anilines is 1. The van der Waals surface area contributed by atoms with E-state index in [1.165, 1.54) is 13.3 Å². The van der Waals surface area contributed by atoms with Gasteiger partial charge in [0.15, 0.2) is 0 Å². The van der Waals surface area contributed by atoms with Crippen molar-refractivity contribution >= 4 is 34.8 Å². The number of hydrogen-bond donors (Lipinski definition) is 1. The number of pyridine rings is 1. The van der Waals surface area contributed by atoms with Gasteiger partial charge in [-0.05, 0) is 30.7 Å². The minimum Gasteiger partial charge on any atom is -0.495 e. The van der Waals surface area contributed by atoms with Crippen LogP contribution in [0.1, 0.15) is 18.1 Å². The fourth-order valence-electron chi connectivity index (χ4n) is 2.66. The minimum absolute atomic E-state index is 0.152. The molecule has 3 rings (SSSR count). The number of methoxy groups -OCH3 is 1. The second-order valence-corrected chi connectivity index (χ2v) is 5.80. The van der Waals surface area contributed by atoms with Crippen LogP contribution >= 0.6 is 23.2 Å². The van der Waals surface area contributed by atoms with Crippen LogP contribution in [0.3, 0.4) is 0 Å². The molecule has 0 spiro atoms. The third-order valence-corrected chi connectivity index (χ3v) is 4.26. The number of aromatic nitrogens is 1. The lowest BCUT2D eigenvalue weighted by Gasteiger charge is -2.25. The number of fused-ring (bicyclic) bond motifs is 1. The number of nitrogens with zero attached hydrogens (tertiary/aromatic N) is 1. The summed E-state index contributed by atoms with van der Waals surface area (Å²) in [6.07, 6.45) is 1.52. The fourth-order valence-corrected chi connectivity index (χ4v) is 2.99. The Labute approximate surface area is 132 Å². The highest BCUT2D eigenvalue weighted by Gasteiger charge is 2.46. The summed E-state index contributed by atoms with van der Waals surface area (Å²) in [5.41, 5.74) is 1.30. The second-order valence-electron chi connectivity index (χ2n) is 4.98. The van der Waals surface area contributed by atoms with Gasteiger partial charge in [-0.2, -0.15) is 0 Å². The van der Waals surface area contributed by atoms with E-state index >= 15 is 0 Å². The number of rotatable bonds is 2. The number of amides is 1. The first kappa shape index (κ1) is 14.2. The summed E-state index contributed by atoms with van der Waals surface area (Å²) in [5.74, 6) is 0.361. The van der Waals surface area contributed by atoms with Gasteiger partial charge in [-0.15, -0.1) is 0 Å². The van der Waals surface area contributed by atoms with Crippen molar-refractivity contribution in [3.05, 3.63) is 51.8 Å². The van der Waals surface area contributed by atoms with Crippen molar-refractivity contribution < 1.29 is 9.53 Å². The van der Waals surface area contributed by atoms with Crippen molar-refractivity contribution in [1.82, 2.24) is 4.98 Å². The van der Waals surface area contributed by atoms with Gasteiger partial charge in [-0.3, -0.25) is 4.79 Å². The Balaban J connectivity index is 2.27. The molecule has 1 amide bonds. The SMILES string of the molecule is COc1cnc(Cl)cc1[C@]1(C)C(=O)Nc2cc(Cl)ccc21. The topological polar surface area (TPSA) is 51.2 Å². The maximum atomic E-state index is 12.6. The van der Waals surface area contributed by atoms with Crippen molar-refractivity contribution in [3.63, 3.8) is 0 Å². The van der Waals surface area contributed by atoms with Crippen LogP contribution in [0.5, 0.6) is 5.75 Å². The molecule has 108 valence electrons. The average Bonchev–Trinajstić information content (AvgIpc) is 2.70. The number of halogens is 2. The molecule has 2 aromatic rings. The van der Waals surface area contributed by atoms with Crippen LogP contribution in [-0.2, 0) is 10.2 Å². The van der Waals surface area contributed by atoms with Crippen LogP contribution in [0.15, 0.2) is 30.5 Å². The zero-order chi connectivity index (χ0) is 15.2. The molecule has 1 N–H and O–H groups in total. The highest BCUT2D eigenvalue weighted by Crippen LogP contribution is 2.46. The lowest BCUT2D eigenvalue weighted by Crippen LogP contribution is -2.32. The highest BCUT2D eigenvalue weighted by atomic mass is 35.5. The third kappa shape index (κ3) is 2.06. The van der Waals surface area contributed by atoms with Crippen LogP contribution in [0.4, 0.5) is 5.69 Å². The van der Waals surface area contributed by atoms with E-state index in [2.05, 4.69) is 10.3 Å². The molecule has 0 fully saturated rings. The smallest absolute Gasteiger partial charge is 0.239 e. The van der Waals surface area contributed by atoms with Crippen LogP contribution in [0.25, 0.3) is 0 Å². The van der Waals surface area contributed by atoms with E-state index in [9.17, 15) is 4.79 Å². The predicted molar refractivity (Wildman–Crippen MR) is 82.3 cm³/mol. The Morgan fingerprint density at radius 2 is 2.00 bits per heavy atom. The fraction of sp³-hybridized carbons (Fsp3) is 0.200. The zero-order valence-corrected chi connectivity index (χ0v) is 12.9. The van der Waals surface area contributed by atoms with Crippen molar-refractivity contribution in [2.45, 2.75) is 12.3 Å². The van der Waals surface area contributed by atoms with Crippen molar-refractivity contribution in [1.29, 1.82) is 0 Å². The molecule has 4 nitrogen and oxygen atoms in total. The largest absolute Gasteiger partial charge is 0.495 e. The molecule has 1 aliphatic rings. The van der Waals surface area contributed by atoms with Gasteiger partial charge in [0.05, 0.1) is 13.3 Å². The molecule has 0 saturated heterocycles. The molecule has 0 saturated carbocycles. The molecule has 0 aliphatic carbocycles. The van der Waals surface area contributed by atoms with E-state index in [-0.39, 0.29) is 5.91 Å². The molecule has 0 unspecified atom stereocenters. The summed E-state index contributed by atoms with van der Waals surface area (Å²) in [6, 6.07) is 6.98. The zero-order valence-electron chi connectivity index (χ0n) is 11.4. The molecule has 1 aromatic carbocycles. The van der Waals surface area contributed by atoms with Crippen LogP contribution < -0.4 is 10.1 Å². The molecule has 0 radical (unpaired) electrons. The molecule has 1 aliphatic heterocycles. The molecule has 1 aromatic heterocycles. The maximum Gasteiger partial charge on any atom is 0.239 e. The Kier molecular flexibility index (Phi) is 3.30. The Bertz CT molecular complexity index is 748. The number of ether oxygens (including phenoxy) is 1. The summed E-state index contributed by atoms with van der Waals surface area (Å²) in [6.45, 7) is 1.83. The monoisotopic (exact) mass is 322 g/mol. The second kappa shape index (κ2) is 4.90. The standard InChI is InChI=1S/C15H12Cl2N2O2/c1-15(10-6-13(17)18-7-12(10)21-2)9-4-3-8(16)5-11(9)19-14(15)20/h3-7H,1-2H3,(H,19,20)/t15-/m1/s1. The van der Waals surface area contributed by atoms with E-state index in [0.29, 0.717) is 27.2 Å². The number of benzene rings is 1. The van der Waals surface area contributed by atoms with Crippen LogP contribution in [0.2, 0.25) is 10.2 Å². The van der Waals surface area contributed by atoms with Gasteiger partial charge in [-0.25, -0.2) is 4.98 Å². The predicted octanol–water partition coefficient (Wildman–Crippen LogP) is 3.66. The molecule has 2 heterocycles. The van der Waals surface area contributed by atoms with E-state index < -0.39 is 5.41 Å². The molecule has 6 heteroatoms. The summed E-state index contributed by atoms with van der Waals surface area (Å²) >= 11 is 12.0. The summed E-state index contributed by atoms with van der Waals surface area (Å²) in [4.78, 5) is 16.6. The van der Waals surface area contributed by atoms with Gasteiger partial charge >= 0.3 is 0 Å². The van der Waals surface area contributed by atoms with Crippen molar-refractivity contribution in [2.75, 3.05) is 12.4 Å². The molecule has 0 bridgehead atoms. The molecular weight excluding hydrogens is 311 g/mol. The summed E-state index contributed by atoms with van der Waals surface area (Å²) < 4.78 is 5.34. The minimum atomic E-state index is -0.905. The van der Waals surface area contributed by atoms with E-state index in [1.54, 1.807) is 18.2 Å². The summed E-state index contributed by atoms with van der Waals surface area (Å²) in [7, 11) is 1.54. The molecule has 1 atom stereocenters. The van der Waals surface area contributed by atoms with E-state index in [4.69, 9.17) is 27.9 Å². The number of nitrogens with one attached hydrogen (secondary N) is 1. The van der Waals surface area contributed by atoms with Gasteiger partial charge in [0.1, 0.15) is 16.3 Å². The molecule has 21 heavy (non-hydrogen) atoms. The van der Waals surface area contributed by atoms with Gasteiger partial charge < -0.3 is 10.1 Å². The highest BCUT2D eigenvalue weighted by molar-refractivity contribution is 6.31. The Hall–Kier alpha value is -1.78. The van der Waals surface area contributed by atoms with E-state index in [0.717, 1.165) is 5.56 Å². The first-order valence-electron chi connectivity index (χ1n) is 6.28. The maximum absolute atomic E-state index is 12.6. The van der Waals surface area contributed by atoms with Crippen molar-refractivity contribution in [3.8, 4) is 5.75 Å². The Morgan fingerprint density at radius 3 is 2.71 bits per heavy atom. The first-order valence-corrected chi connectivity index (χ1v) is 7.04. The van der Waals surface area contributed by atoms with Gasteiger partial charge in [0.2, 0.25) is 5.91 Å². The van der Waals surface area contributed by atoms with Gasteiger partial charge in [0.25, 0.3) is 0 Å². The van der Waals surface area contributed by atoms with Crippen LogP contribution in [0, 0.1) is 0 Å². The summed E-state index contributed by atoms with van der Waals surface area (Å²) in [5, 5.41) is 3.73. The third-order valence-electron chi connectivity index (χ3n) is 3.82. The van der Waals surface area contributed by atoms with Gasteiger partial charge in [-0.1, -0.05) is 29.3 Å². The van der Waals surface area contributed by atoms with Crippen LogP contribution in [-0.4, -0.2) is 18.0 Å². The number of hydrogen-bond acceptors (Lipinski definition) is 3. The quantitative estimate of drug-likeness (QED) is 0.858. The van der Waals surface area contributed by atoms with Crippen molar-refractivity contribution in [2.24, 2.45) is 0 Å². The lowest BCUT2D eigenvalue weighted by atomic mass is 9.77. The number of carbonyl (C=O) groups excluding carboxylic acids is 1. The first-order chi connectivity index (χ1) is 9.96. The normalized spacial score (nSPS) is 20.1. The number of carbonyl (C=O) groups is 1. The van der Waals surface area contributed by atoms with E-state index in [1.807, 2.05) is 13.0 Å². The lowest BCUT2D eigenvalue weighted by molar-refractivity contribution is -0.119. The Morgan fingerprint density at radius 1 is 1.24 bits per heavy atom. The molecular formula is C15H12Cl2N2O2.